The number of aryl methyl sites for hydroxylation is 1. The molecule has 1 aromatic heterocycles. The molecule has 0 saturated carbocycles. The number of nitrogens with one attached hydrogen (secondary N) is 1. The summed E-state index contributed by atoms with van der Waals surface area (Å²) in [7, 11) is 0. The van der Waals surface area contributed by atoms with Gasteiger partial charge in [0.2, 0.25) is 11.8 Å². The van der Waals surface area contributed by atoms with E-state index >= 15 is 0 Å². The number of nitro benzene ring substituents is 1. The third-order valence-electron chi connectivity index (χ3n) is 5.01. The van der Waals surface area contributed by atoms with Crippen LogP contribution in [0.4, 0.5) is 11.4 Å². The zero-order valence-corrected chi connectivity index (χ0v) is 15.9. The summed E-state index contributed by atoms with van der Waals surface area (Å²) < 4.78 is 10.8. The van der Waals surface area contributed by atoms with E-state index in [-0.39, 0.29) is 11.6 Å². The summed E-state index contributed by atoms with van der Waals surface area (Å²) in [5.74, 6) is 0.341. The number of ether oxygens (including phenoxy) is 2. The Morgan fingerprint density at radius 3 is 2.50 bits per heavy atom. The Hall–Kier alpha value is -3.00. The van der Waals surface area contributed by atoms with Crippen LogP contribution in [-0.2, 0) is 14.9 Å². The number of benzene rings is 1. The Morgan fingerprint density at radius 1 is 1.25 bits per heavy atom. The first kappa shape index (κ1) is 19.8. The van der Waals surface area contributed by atoms with Crippen LogP contribution in [0.3, 0.4) is 0 Å². The van der Waals surface area contributed by atoms with Crippen molar-refractivity contribution in [1.82, 2.24) is 4.98 Å². The molecule has 8 heteroatoms. The zero-order valence-electron chi connectivity index (χ0n) is 15.9. The van der Waals surface area contributed by atoms with Crippen molar-refractivity contribution in [2.45, 2.75) is 32.1 Å². The summed E-state index contributed by atoms with van der Waals surface area (Å²) in [6.45, 7) is 5.10. The summed E-state index contributed by atoms with van der Waals surface area (Å²) in [4.78, 5) is 28.2. The number of nitro groups is 1. The minimum atomic E-state index is -0.807. The minimum Gasteiger partial charge on any atom is -0.478 e. The Kier molecular flexibility index (Phi) is 5.89. The molecule has 1 saturated heterocycles. The van der Waals surface area contributed by atoms with E-state index in [0.717, 1.165) is 5.56 Å². The van der Waals surface area contributed by atoms with E-state index < -0.39 is 10.3 Å². The molecule has 28 heavy (non-hydrogen) atoms. The summed E-state index contributed by atoms with van der Waals surface area (Å²) in [5, 5.41) is 13.9. The van der Waals surface area contributed by atoms with Gasteiger partial charge in [-0.2, -0.15) is 0 Å². The molecular weight excluding hydrogens is 362 g/mol. The Bertz CT molecular complexity index is 861. The van der Waals surface area contributed by atoms with Gasteiger partial charge in [-0.3, -0.25) is 14.9 Å². The van der Waals surface area contributed by atoms with E-state index in [1.165, 1.54) is 12.1 Å². The Morgan fingerprint density at radius 2 is 1.93 bits per heavy atom. The van der Waals surface area contributed by atoms with Crippen molar-refractivity contribution in [3.05, 3.63) is 57.8 Å². The summed E-state index contributed by atoms with van der Waals surface area (Å²) in [6.07, 6.45) is 1.00. The Balaban J connectivity index is 1.89. The molecule has 1 aliphatic rings. The summed E-state index contributed by atoms with van der Waals surface area (Å²) >= 11 is 0. The van der Waals surface area contributed by atoms with E-state index in [9.17, 15) is 14.9 Å². The number of pyridine rings is 1. The van der Waals surface area contributed by atoms with Crippen LogP contribution in [0.15, 0.2) is 36.4 Å². The maximum atomic E-state index is 13.3. The molecule has 0 atom stereocenters. The van der Waals surface area contributed by atoms with Gasteiger partial charge in [0.15, 0.2) is 0 Å². The fraction of sp³-hybridized carbons (Fsp3) is 0.400. The molecule has 2 aromatic rings. The van der Waals surface area contributed by atoms with Crippen molar-refractivity contribution in [2.24, 2.45) is 0 Å². The molecule has 1 N–H and O–H groups in total. The van der Waals surface area contributed by atoms with Crippen molar-refractivity contribution in [2.75, 3.05) is 25.1 Å². The highest BCUT2D eigenvalue weighted by molar-refractivity contribution is 5.99. The maximum absolute atomic E-state index is 13.3. The van der Waals surface area contributed by atoms with Crippen molar-refractivity contribution in [3.8, 4) is 5.88 Å². The molecule has 148 valence electrons. The van der Waals surface area contributed by atoms with Gasteiger partial charge >= 0.3 is 0 Å². The van der Waals surface area contributed by atoms with E-state index in [0.29, 0.717) is 49.9 Å². The first-order chi connectivity index (χ1) is 13.5. The number of hydrogen-bond acceptors (Lipinski definition) is 6. The van der Waals surface area contributed by atoms with Gasteiger partial charge in [0.25, 0.3) is 5.69 Å². The van der Waals surface area contributed by atoms with Crippen LogP contribution < -0.4 is 10.1 Å². The third kappa shape index (κ3) is 3.96. The molecule has 1 amide bonds. The standard InChI is InChI=1S/C20H23N3O5/c1-3-28-18-9-8-17(14(2)21-18)22-19(24)20(10-12-27-13-11-20)15-4-6-16(7-5-15)23(25)26/h4-9H,3,10-13H2,1-2H3,(H,22,24). The van der Waals surface area contributed by atoms with Gasteiger partial charge in [0, 0.05) is 31.4 Å². The average molecular weight is 385 g/mol. The van der Waals surface area contributed by atoms with Crippen molar-refractivity contribution < 1.29 is 19.2 Å². The fourth-order valence-corrected chi connectivity index (χ4v) is 3.41. The molecule has 0 radical (unpaired) electrons. The molecule has 0 unspecified atom stereocenters. The van der Waals surface area contributed by atoms with Crippen LogP contribution in [0, 0.1) is 17.0 Å². The second-order valence-electron chi connectivity index (χ2n) is 6.67. The lowest BCUT2D eigenvalue weighted by molar-refractivity contribution is -0.384. The van der Waals surface area contributed by atoms with Crippen molar-refractivity contribution in [3.63, 3.8) is 0 Å². The predicted molar refractivity (Wildman–Crippen MR) is 104 cm³/mol. The quantitative estimate of drug-likeness (QED) is 0.604. The molecule has 0 bridgehead atoms. The first-order valence-electron chi connectivity index (χ1n) is 9.21. The topological polar surface area (TPSA) is 104 Å². The lowest BCUT2D eigenvalue weighted by Gasteiger charge is -2.36. The molecule has 1 aliphatic heterocycles. The smallest absolute Gasteiger partial charge is 0.269 e. The molecule has 1 fully saturated rings. The lowest BCUT2D eigenvalue weighted by Crippen LogP contribution is -2.45. The molecule has 3 rings (SSSR count). The predicted octanol–water partition coefficient (Wildman–Crippen LogP) is 3.38. The Labute approximate surface area is 163 Å². The van der Waals surface area contributed by atoms with Gasteiger partial charge in [0.1, 0.15) is 0 Å². The number of aromatic nitrogens is 1. The van der Waals surface area contributed by atoms with Crippen LogP contribution in [0.5, 0.6) is 5.88 Å². The number of hydrogen-bond donors (Lipinski definition) is 1. The summed E-state index contributed by atoms with van der Waals surface area (Å²) in [5.41, 5.74) is 1.21. The van der Waals surface area contributed by atoms with Crippen LogP contribution >= 0.6 is 0 Å². The molecule has 0 aliphatic carbocycles. The highest BCUT2D eigenvalue weighted by Crippen LogP contribution is 2.37. The highest BCUT2D eigenvalue weighted by Gasteiger charge is 2.42. The van der Waals surface area contributed by atoms with Gasteiger partial charge in [-0.25, -0.2) is 4.98 Å². The van der Waals surface area contributed by atoms with Crippen LogP contribution in [0.1, 0.15) is 31.0 Å². The SMILES string of the molecule is CCOc1ccc(NC(=O)C2(c3ccc([N+](=O)[O-])cc3)CCOCC2)c(C)n1. The number of carbonyl (C=O) groups is 1. The lowest BCUT2D eigenvalue weighted by atomic mass is 9.73. The van der Waals surface area contributed by atoms with Gasteiger partial charge in [-0.15, -0.1) is 0 Å². The van der Waals surface area contributed by atoms with E-state index in [1.807, 2.05) is 6.92 Å². The number of non-ortho nitro benzene ring substituents is 1. The monoisotopic (exact) mass is 385 g/mol. The van der Waals surface area contributed by atoms with Gasteiger partial charge < -0.3 is 14.8 Å². The van der Waals surface area contributed by atoms with Gasteiger partial charge in [-0.05, 0) is 38.3 Å². The number of rotatable bonds is 6. The van der Waals surface area contributed by atoms with Crippen molar-refractivity contribution >= 4 is 17.3 Å². The molecule has 8 nitrogen and oxygen atoms in total. The van der Waals surface area contributed by atoms with Crippen molar-refractivity contribution in [1.29, 1.82) is 0 Å². The first-order valence-corrected chi connectivity index (χ1v) is 9.21. The van der Waals surface area contributed by atoms with E-state index in [1.54, 1.807) is 31.2 Å². The molecule has 1 aromatic carbocycles. The van der Waals surface area contributed by atoms with Gasteiger partial charge in [-0.1, -0.05) is 12.1 Å². The van der Waals surface area contributed by atoms with Crippen LogP contribution in [0.2, 0.25) is 0 Å². The number of nitrogens with zero attached hydrogens (tertiary/aromatic N) is 2. The molecule has 0 spiro atoms. The van der Waals surface area contributed by atoms with Crippen LogP contribution in [0.25, 0.3) is 0 Å². The van der Waals surface area contributed by atoms with Gasteiger partial charge in [0.05, 0.1) is 28.3 Å². The zero-order chi connectivity index (χ0) is 20.1. The van der Waals surface area contributed by atoms with Crippen LogP contribution in [-0.4, -0.2) is 35.6 Å². The van der Waals surface area contributed by atoms with E-state index in [4.69, 9.17) is 9.47 Å². The normalized spacial score (nSPS) is 15.6. The minimum absolute atomic E-state index is 0.00192. The highest BCUT2D eigenvalue weighted by atomic mass is 16.6. The second kappa shape index (κ2) is 8.35. The molecular formula is C20H23N3O5. The number of anilines is 1. The number of carbonyl (C=O) groups excluding carboxylic acids is 1. The summed E-state index contributed by atoms with van der Waals surface area (Å²) in [6, 6.07) is 9.68. The second-order valence-corrected chi connectivity index (χ2v) is 6.67. The average Bonchev–Trinajstić information content (AvgIpc) is 2.70. The maximum Gasteiger partial charge on any atom is 0.269 e. The van der Waals surface area contributed by atoms with E-state index in [2.05, 4.69) is 10.3 Å². The largest absolute Gasteiger partial charge is 0.478 e. The third-order valence-corrected chi connectivity index (χ3v) is 5.01. The molecule has 2 heterocycles. The number of amides is 1. The fourth-order valence-electron chi connectivity index (χ4n) is 3.41.